The molecular formula is C8H12N2O2S. The highest BCUT2D eigenvalue weighted by atomic mass is 32.1. The third-order valence-corrected chi connectivity index (χ3v) is 2.98. The van der Waals surface area contributed by atoms with Gasteiger partial charge in [-0.05, 0) is 0 Å². The van der Waals surface area contributed by atoms with Gasteiger partial charge < -0.3 is 9.84 Å². The lowest BCUT2D eigenvalue weighted by atomic mass is 9.74. The summed E-state index contributed by atoms with van der Waals surface area (Å²) in [6, 6.07) is 0. The van der Waals surface area contributed by atoms with Gasteiger partial charge in [0.05, 0.1) is 35.3 Å². The monoisotopic (exact) mass is 200 g/mol. The summed E-state index contributed by atoms with van der Waals surface area (Å²) in [6.07, 6.45) is 3.95. The summed E-state index contributed by atoms with van der Waals surface area (Å²) in [5.41, 5.74) is 0.276. The van der Waals surface area contributed by atoms with Crippen LogP contribution in [0.3, 0.4) is 0 Å². The molecule has 1 heterocycles. The van der Waals surface area contributed by atoms with Gasteiger partial charge in [-0.2, -0.15) is 8.75 Å². The molecule has 1 aromatic rings. The van der Waals surface area contributed by atoms with Gasteiger partial charge in [-0.1, -0.05) is 0 Å². The Morgan fingerprint density at radius 2 is 2.54 bits per heavy atom. The molecule has 1 N–H and O–H groups in total. The first-order valence-electron chi connectivity index (χ1n) is 4.23. The molecule has 0 bridgehead atoms. The molecule has 2 rings (SSSR count). The Kier molecular flexibility index (Phi) is 2.31. The average molecular weight is 200 g/mol. The van der Waals surface area contributed by atoms with Gasteiger partial charge in [-0.3, -0.25) is 0 Å². The SMILES string of the molecule is COC1CC(O)(Cc2cnsn2)C1. The van der Waals surface area contributed by atoms with Gasteiger partial charge in [0.2, 0.25) is 0 Å². The van der Waals surface area contributed by atoms with E-state index in [1.54, 1.807) is 13.3 Å². The standard InChI is InChI=1S/C8H12N2O2S/c1-12-7-3-8(11,4-7)2-6-5-9-13-10-6/h5,7,11H,2-4H2,1H3. The summed E-state index contributed by atoms with van der Waals surface area (Å²) in [7, 11) is 1.68. The van der Waals surface area contributed by atoms with Crippen molar-refractivity contribution in [3.8, 4) is 0 Å². The van der Waals surface area contributed by atoms with Crippen LogP contribution < -0.4 is 0 Å². The molecule has 1 aliphatic carbocycles. The lowest BCUT2D eigenvalue weighted by Crippen LogP contribution is -2.49. The molecule has 0 amide bonds. The van der Waals surface area contributed by atoms with Crippen molar-refractivity contribution in [2.24, 2.45) is 0 Å². The van der Waals surface area contributed by atoms with Crippen molar-refractivity contribution in [1.82, 2.24) is 8.75 Å². The van der Waals surface area contributed by atoms with Crippen LogP contribution in [0, 0.1) is 0 Å². The zero-order chi connectivity index (χ0) is 9.31. The fraction of sp³-hybridized carbons (Fsp3) is 0.750. The van der Waals surface area contributed by atoms with Crippen LogP contribution in [0.25, 0.3) is 0 Å². The van der Waals surface area contributed by atoms with Crippen LogP contribution in [0.2, 0.25) is 0 Å². The van der Waals surface area contributed by atoms with Gasteiger partial charge >= 0.3 is 0 Å². The number of nitrogens with zero attached hydrogens (tertiary/aromatic N) is 2. The quantitative estimate of drug-likeness (QED) is 0.777. The maximum Gasteiger partial charge on any atom is 0.0771 e. The normalized spacial score (nSPS) is 32.9. The minimum atomic E-state index is -0.601. The van der Waals surface area contributed by atoms with Gasteiger partial charge in [-0.15, -0.1) is 0 Å². The van der Waals surface area contributed by atoms with E-state index in [0.717, 1.165) is 5.69 Å². The predicted molar refractivity (Wildman–Crippen MR) is 48.6 cm³/mol. The zero-order valence-corrected chi connectivity index (χ0v) is 8.25. The van der Waals surface area contributed by atoms with Crippen molar-refractivity contribution in [2.75, 3.05) is 7.11 Å². The highest BCUT2D eigenvalue weighted by molar-refractivity contribution is 6.99. The summed E-state index contributed by atoms with van der Waals surface area (Å²) in [4.78, 5) is 0. The summed E-state index contributed by atoms with van der Waals surface area (Å²) in [5.74, 6) is 0. The molecule has 4 nitrogen and oxygen atoms in total. The van der Waals surface area contributed by atoms with Crippen LogP contribution in [-0.2, 0) is 11.2 Å². The molecule has 1 saturated carbocycles. The number of hydrogen-bond acceptors (Lipinski definition) is 5. The van der Waals surface area contributed by atoms with Gasteiger partial charge in [0.15, 0.2) is 0 Å². The first-order chi connectivity index (χ1) is 6.22. The molecule has 0 saturated heterocycles. The second kappa shape index (κ2) is 3.32. The van der Waals surface area contributed by atoms with Crippen molar-refractivity contribution in [1.29, 1.82) is 0 Å². The van der Waals surface area contributed by atoms with Crippen molar-refractivity contribution < 1.29 is 9.84 Å². The topological polar surface area (TPSA) is 55.2 Å². The van der Waals surface area contributed by atoms with E-state index < -0.39 is 5.60 Å². The van der Waals surface area contributed by atoms with E-state index in [0.29, 0.717) is 19.3 Å². The van der Waals surface area contributed by atoms with Crippen molar-refractivity contribution in [3.05, 3.63) is 11.9 Å². The van der Waals surface area contributed by atoms with Crippen LogP contribution in [0.5, 0.6) is 0 Å². The van der Waals surface area contributed by atoms with E-state index in [4.69, 9.17) is 4.74 Å². The maximum absolute atomic E-state index is 9.94. The highest BCUT2D eigenvalue weighted by Gasteiger charge is 2.43. The van der Waals surface area contributed by atoms with E-state index in [1.807, 2.05) is 0 Å². The number of methoxy groups -OCH3 is 1. The molecule has 13 heavy (non-hydrogen) atoms. The molecule has 0 aliphatic heterocycles. The van der Waals surface area contributed by atoms with Gasteiger partial charge in [0.1, 0.15) is 0 Å². The second-order valence-electron chi connectivity index (χ2n) is 3.57. The Morgan fingerprint density at radius 1 is 1.77 bits per heavy atom. The number of aromatic nitrogens is 2. The molecule has 0 unspecified atom stereocenters. The van der Waals surface area contributed by atoms with Crippen LogP contribution in [-0.4, -0.2) is 32.7 Å². The van der Waals surface area contributed by atoms with Crippen LogP contribution in [0.15, 0.2) is 6.20 Å². The molecule has 1 aliphatic rings. The molecule has 1 aromatic heterocycles. The van der Waals surface area contributed by atoms with E-state index in [2.05, 4.69) is 8.75 Å². The number of ether oxygens (including phenoxy) is 1. The van der Waals surface area contributed by atoms with E-state index in [9.17, 15) is 5.11 Å². The minimum absolute atomic E-state index is 0.219. The Morgan fingerprint density at radius 3 is 3.08 bits per heavy atom. The zero-order valence-electron chi connectivity index (χ0n) is 7.43. The van der Waals surface area contributed by atoms with E-state index in [-0.39, 0.29) is 6.10 Å². The van der Waals surface area contributed by atoms with Crippen molar-refractivity contribution >= 4 is 11.7 Å². The lowest BCUT2D eigenvalue weighted by molar-refractivity contribution is -0.126. The van der Waals surface area contributed by atoms with Crippen LogP contribution in [0.4, 0.5) is 0 Å². The molecule has 0 spiro atoms. The van der Waals surface area contributed by atoms with Crippen molar-refractivity contribution in [2.45, 2.75) is 31.0 Å². The molecule has 0 aromatic carbocycles. The number of rotatable bonds is 3. The average Bonchev–Trinajstić information content (AvgIpc) is 2.52. The molecule has 0 radical (unpaired) electrons. The fourth-order valence-corrected chi connectivity index (χ4v) is 2.13. The summed E-state index contributed by atoms with van der Waals surface area (Å²) < 4.78 is 13.1. The smallest absolute Gasteiger partial charge is 0.0771 e. The summed E-state index contributed by atoms with van der Waals surface area (Å²) in [6.45, 7) is 0. The predicted octanol–water partition coefficient (Wildman–Crippen LogP) is 0.621. The molecule has 72 valence electrons. The number of hydrogen-bond donors (Lipinski definition) is 1. The third-order valence-electron chi connectivity index (χ3n) is 2.47. The van der Waals surface area contributed by atoms with E-state index in [1.165, 1.54) is 11.7 Å². The first-order valence-corrected chi connectivity index (χ1v) is 4.96. The van der Waals surface area contributed by atoms with Gasteiger partial charge in [0.25, 0.3) is 0 Å². The van der Waals surface area contributed by atoms with Crippen molar-refractivity contribution in [3.63, 3.8) is 0 Å². The van der Waals surface area contributed by atoms with Crippen LogP contribution >= 0.6 is 11.7 Å². The second-order valence-corrected chi connectivity index (χ2v) is 4.12. The summed E-state index contributed by atoms with van der Waals surface area (Å²) in [5, 5.41) is 9.94. The third kappa shape index (κ3) is 1.87. The maximum atomic E-state index is 9.94. The largest absolute Gasteiger partial charge is 0.389 e. The molecule has 1 fully saturated rings. The molecule has 5 heteroatoms. The molecule has 0 atom stereocenters. The van der Waals surface area contributed by atoms with Crippen LogP contribution in [0.1, 0.15) is 18.5 Å². The molecular weight excluding hydrogens is 188 g/mol. The van der Waals surface area contributed by atoms with Gasteiger partial charge in [-0.25, -0.2) is 0 Å². The Hall–Kier alpha value is -0.520. The minimum Gasteiger partial charge on any atom is -0.389 e. The fourth-order valence-electron chi connectivity index (χ4n) is 1.70. The number of aliphatic hydroxyl groups is 1. The lowest BCUT2D eigenvalue weighted by Gasteiger charge is -2.42. The highest BCUT2D eigenvalue weighted by Crippen LogP contribution is 2.36. The Labute approximate surface area is 80.9 Å². The first kappa shape index (κ1) is 9.05. The van der Waals surface area contributed by atoms with E-state index >= 15 is 0 Å². The summed E-state index contributed by atoms with van der Waals surface area (Å²) >= 11 is 1.18. The Bertz CT molecular complexity index is 270. The van der Waals surface area contributed by atoms with Gasteiger partial charge in [0, 0.05) is 26.4 Å². The Balaban J connectivity index is 1.90.